The zero-order chi connectivity index (χ0) is 14.0. The maximum Gasteiger partial charge on any atom is 0.489 e. The summed E-state index contributed by atoms with van der Waals surface area (Å²) in [4.78, 5) is 7.01. The van der Waals surface area contributed by atoms with Gasteiger partial charge in [0.25, 0.3) is 0 Å². The van der Waals surface area contributed by atoms with Crippen LogP contribution < -0.4 is 5.46 Å². The van der Waals surface area contributed by atoms with E-state index in [0.29, 0.717) is 0 Å². The molecule has 2 N–H and O–H groups in total. The summed E-state index contributed by atoms with van der Waals surface area (Å²) in [5.74, 6) is 0. The van der Waals surface area contributed by atoms with Crippen LogP contribution in [-0.2, 0) is 6.18 Å². The van der Waals surface area contributed by atoms with Gasteiger partial charge < -0.3 is 10.0 Å². The summed E-state index contributed by atoms with van der Waals surface area (Å²) in [5.41, 5.74) is -1.61. The molecule has 0 bridgehead atoms. The van der Waals surface area contributed by atoms with Crippen LogP contribution in [0.5, 0.6) is 0 Å². The first-order chi connectivity index (χ1) is 8.91. The minimum Gasteiger partial charge on any atom is -0.423 e. The molecule has 2 aromatic heterocycles. The van der Waals surface area contributed by atoms with Gasteiger partial charge in [0.2, 0.25) is 0 Å². The molecule has 0 saturated heterocycles. The summed E-state index contributed by atoms with van der Waals surface area (Å²) < 4.78 is 38.8. The Hall–Kier alpha value is -1.93. The Morgan fingerprint density at radius 2 is 1.63 bits per heavy atom. The van der Waals surface area contributed by atoms with Gasteiger partial charge in [-0.2, -0.15) is 13.2 Å². The summed E-state index contributed by atoms with van der Waals surface area (Å²) in [6, 6.07) is 3.83. The minimum atomic E-state index is -4.69. The van der Waals surface area contributed by atoms with Gasteiger partial charge in [0.05, 0.1) is 0 Å². The Kier molecular flexibility index (Phi) is 3.54. The van der Waals surface area contributed by atoms with E-state index in [4.69, 9.17) is 0 Å². The standard InChI is InChI=1S/C11H8BF3N2O2/c13-11(14,15)10-9(7-1-4-16-5-2-7)8(12(18)19)3-6-17-10/h1-6,18-19H. The smallest absolute Gasteiger partial charge is 0.423 e. The van der Waals surface area contributed by atoms with Crippen molar-refractivity contribution in [3.8, 4) is 11.1 Å². The molecule has 98 valence electrons. The van der Waals surface area contributed by atoms with Crippen molar-refractivity contribution >= 4 is 12.6 Å². The summed E-state index contributed by atoms with van der Waals surface area (Å²) in [7, 11) is -2.02. The van der Waals surface area contributed by atoms with Crippen molar-refractivity contribution in [2.45, 2.75) is 6.18 Å². The van der Waals surface area contributed by atoms with Gasteiger partial charge in [-0.1, -0.05) is 0 Å². The Labute approximate surface area is 106 Å². The lowest BCUT2D eigenvalue weighted by atomic mass is 9.75. The fourth-order valence-electron chi connectivity index (χ4n) is 1.73. The second-order valence-electron chi connectivity index (χ2n) is 3.73. The molecule has 2 aromatic rings. The van der Waals surface area contributed by atoms with Crippen LogP contribution in [0.15, 0.2) is 36.8 Å². The fraction of sp³-hybridized carbons (Fsp3) is 0.0909. The fourth-order valence-corrected chi connectivity index (χ4v) is 1.73. The van der Waals surface area contributed by atoms with E-state index in [1.54, 1.807) is 0 Å². The monoisotopic (exact) mass is 268 g/mol. The lowest BCUT2D eigenvalue weighted by molar-refractivity contribution is -0.140. The normalized spacial score (nSPS) is 11.4. The van der Waals surface area contributed by atoms with Crippen LogP contribution in [0.2, 0.25) is 0 Å². The molecular formula is C11H8BF3N2O2. The van der Waals surface area contributed by atoms with Crippen LogP contribution in [0.25, 0.3) is 11.1 Å². The zero-order valence-electron chi connectivity index (χ0n) is 9.46. The van der Waals surface area contributed by atoms with Crippen molar-refractivity contribution in [3.63, 3.8) is 0 Å². The van der Waals surface area contributed by atoms with Crippen LogP contribution in [0.4, 0.5) is 13.2 Å². The predicted octanol–water partition coefficient (Wildman–Crippen LogP) is 0.842. The summed E-state index contributed by atoms with van der Waals surface area (Å²) in [5, 5.41) is 18.4. The number of aromatic nitrogens is 2. The molecule has 0 aromatic carbocycles. The maximum absolute atomic E-state index is 12.9. The van der Waals surface area contributed by atoms with E-state index in [0.717, 1.165) is 12.3 Å². The van der Waals surface area contributed by atoms with Crippen LogP contribution in [-0.4, -0.2) is 27.1 Å². The van der Waals surface area contributed by atoms with Gasteiger partial charge in [0.15, 0.2) is 5.69 Å². The highest BCUT2D eigenvalue weighted by atomic mass is 19.4. The average Bonchev–Trinajstić information content (AvgIpc) is 2.37. The number of hydrogen-bond acceptors (Lipinski definition) is 4. The van der Waals surface area contributed by atoms with E-state index in [2.05, 4.69) is 9.97 Å². The van der Waals surface area contributed by atoms with Gasteiger partial charge in [-0.3, -0.25) is 9.97 Å². The van der Waals surface area contributed by atoms with Crippen molar-refractivity contribution in [3.05, 3.63) is 42.5 Å². The number of hydrogen-bond donors (Lipinski definition) is 2. The topological polar surface area (TPSA) is 66.2 Å². The molecular weight excluding hydrogens is 260 g/mol. The molecule has 0 aliphatic rings. The molecule has 0 saturated carbocycles. The number of nitrogens with zero attached hydrogens (tertiary/aromatic N) is 2. The van der Waals surface area contributed by atoms with Gasteiger partial charge in [0.1, 0.15) is 0 Å². The molecule has 2 rings (SSSR count). The summed E-state index contributed by atoms with van der Waals surface area (Å²) >= 11 is 0. The minimum absolute atomic E-state index is 0.165. The molecule has 19 heavy (non-hydrogen) atoms. The summed E-state index contributed by atoms with van der Waals surface area (Å²) in [6.45, 7) is 0. The second-order valence-corrected chi connectivity index (χ2v) is 3.73. The molecule has 0 amide bonds. The first kappa shape index (κ1) is 13.5. The Morgan fingerprint density at radius 1 is 1.00 bits per heavy atom. The SMILES string of the molecule is OB(O)c1ccnc(C(F)(F)F)c1-c1ccncc1. The number of halogens is 3. The van der Waals surface area contributed by atoms with E-state index < -0.39 is 19.0 Å². The van der Waals surface area contributed by atoms with Crippen molar-refractivity contribution < 1.29 is 23.2 Å². The van der Waals surface area contributed by atoms with E-state index in [-0.39, 0.29) is 16.6 Å². The van der Waals surface area contributed by atoms with E-state index in [9.17, 15) is 23.2 Å². The third-order valence-electron chi connectivity index (χ3n) is 2.50. The Bertz CT molecular complexity index is 576. The highest BCUT2D eigenvalue weighted by Crippen LogP contribution is 2.34. The first-order valence-electron chi connectivity index (χ1n) is 5.24. The highest BCUT2D eigenvalue weighted by molar-refractivity contribution is 6.60. The van der Waals surface area contributed by atoms with Crippen LogP contribution >= 0.6 is 0 Å². The molecule has 0 aliphatic carbocycles. The quantitative estimate of drug-likeness (QED) is 0.792. The third kappa shape index (κ3) is 2.74. The van der Waals surface area contributed by atoms with E-state index in [1.807, 2.05) is 0 Å². The highest BCUT2D eigenvalue weighted by Gasteiger charge is 2.37. The molecule has 0 aliphatic heterocycles. The molecule has 0 radical (unpaired) electrons. The Balaban J connectivity index is 2.74. The van der Waals surface area contributed by atoms with Crippen LogP contribution in [0, 0.1) is 0 Å². The lowest BCUT2D eigenvalue weighted by Gasteiger charge is -2.15. The molecule has 4 nitrogen and oxygen atoms in total. The van der Waals surface area contributed by atoms with E-state index >= 15 is 0 Å². The van der Waals surface area contributed by atoms with Gasteiger partial charge in [-0.25, -0.2) is 0 Å². The second kappa shape index (κ2) is 4.98. The van der Waals surface area contributed by atoms with Crippen molar-refractivity contribution in [1.29, 1.82) is 0 Å². The van der Waals surface area contributed by atoms with Crippen molar-refractivity contribution in [2.75, 3.05) is 0 Å². The van der Waals surface area contributed by atoms with Crippen LogP contribution in [0.1, 0.15) is 5.69 Å². The van der Waals surface area contributed by atoms with E-state index in [1.165, 1.54) is 24.5 Å². The molecule has 0 spiro atoms. The van der Waals surface area contributed by atoms with Gasteiger partial charge >= 0.3 is 13.3 Å². The molecule has 2 heterocycles. The number of pyridine rings is 2. The average molecular weight is 268 g/mol. The van der Waals surface area contributed by atoms with Gasteiger partial charge in [-0.15, -0.1) is 0 Å². The van der Waals surface area contributed by atoms with Gasteiger partial charge in [0, 0.05) is 24.2 Å². The van der Waals surface area contributed by atoms with Gasteiger partial charge in [-0.05, 0) is 29.2 Å². The Morgan fingerprint density at radius 3 is 2.16 bits per heavy atom. The number of rotatable bonds is 2. The zero-order valence-corrected chi connectivity index (χ0v) is 9.46. The van der Waals surface area contributed by atoms with Crippen molar-refractivity contribution in [2.24, 2.45) is 0 Å². The van der Waals surface area contributed by atoms with Crippen LogP contribution in [0.3, 0.4) is 0 Å². The molecule has 8 heteroatoms. The third-order valence-corrected chi connectivity index (χ3v) is 2.50. The summed E-state index contributed by atoms with van der Waals surface area (Å²) in [6.07, 6.45) is -1.17. The molecule has 0 fully saturated rings. The predicted molar refractivity (Wildman–Crippen MR) is 62.3 cm³/mol. The lowest BCUT2D eigenvalue weighted by Crippen LogP contribution is -2.33. The maximum atomic E-state index is 12.9. The molecule has 0 unspecified atom stereocenters. The molecule has 0 atom stereocenters. The van der Waals surface area contributed by atoms with Crippen molar-refractivity contribution in [1.82, 2.24) is 9.97 Å². The number of alkyl halides is 3. The largest absolute Gasteiger partial charge is 0.489 e. The first-order valence-corrected chi connectivity index (χ1v) is 5.24.